The van der Waals surface area contributed by atoms with Crippen LogP contribution in [0.3, 0.4) is 0 Å². The predicted molar refractivity (Wildman–Crippen MR) is 109 cm³/mol. The topological polar surface area (TPSA) is 68.7 Å². The molecule has 1 saturated heterocycles. The summed E-state index contributed by atoms with van der Waals surface area (Å²) >= 11 is 0. The van der Waals surface area contributed by atoms with Gasteiger partial charge in [-0.2, -0.15) is 0 Å². The number of piperazine rings is 1. The number of carbonyl (C=O) groups is 1. The van der Waals surface area contributed by atoms with Crippen molar-refractivity contribution in [3.63, 3.8) is 0 Å². The Kier molecular flexibility index (Phi) is 5.64. The van der Waals surface area contributed by atoms with Gasteiger partial charge in [-0.25, -0.2) is 0 Å². The van der Waals surface area contributed by atoms with Crippen LogP contribution in [0.1, 0.15) is 16.8 Å². The van der Waals surface area contributed by atoms with Gasteiger partial charge in [0.15, 0.2) is 0 Å². The van der Waals surface area contributed by atoms with Gasteiger partial charge in [-0.15, -0.1) is 0 Å². The SMILES string of the molecule is C=C(NCC(=O)O)c1ncc(N2CCN(c3ccccc3)CC2)c(C)c1C. The van der Waals surface area contributed by atoms with Crippen LogP contribution in [-0.2, 0) is 4.79 Å². The first-order valence-corrected chi connectivity index (χ1v) is 9.13. The van der Waals surface area contributed by atoms with Gasteiger partial charge in [-0.05, 0) is 37.1 Å². The van der Waals surface area contributed by atoms with E-state index in [0.717, 1.165) is 48.7 Å². The summed E-state index contributed by atoms with van der Waals surface area (Å²) in [5.74, 6) is -0.918. The first-order valence-electron chi connectivity index (χ1n) is 9.13. The van der Waals surface area contributed by atoms with Crippen molar-refractivity contribution in [3.8, 4) is 0 Å². The smallest absolute Gasteiger partial charge is 0.322 e. The fraction of sp³-hybridized carbons (Fsp3) is 0.333. The molecule has 0 saturated carbocycles. The van der Waals surface area contributed by atoms with Gasteiger partial charge < -0.3 is 20.2 Å². The molecular formula is C21H26N4O2. The molecule has 2 heterocycles. The van der Waals surface area contributed by atoms with Crippen molar-refractivity contribution in [2.45, 2.75) is 13.8 Å². The van der Waals surface area contributed by atoms with E-state index in [4.69, 9.17) is 5.11 Å². The Morgan fingerprint density at radius 1 is 1.11 bits per heavy atom. The zero-order chi connectivity index (χ0) is 19.4. The number of hydrogen-bond donors (Lipinski definition) is 2. The van der Waals surface area contributed by atoms with Crippen molar-refractivity contribution < 1.29 is 9.90 Å². The average Bonchev–Trinajstić information content (AvgIpc) is 2.69. The Morgan fingerprint density at radius 3 is 2.37 bits per heavy atom. The van der Waals surface area contributed by atoms with Crippen molar-refractivity contribution >= 4 is 23.0 Å². The fourth-order valence-corrected chi connectivity index (χ4v) is 3.42. The lowest BCUT2D eigenvalue weighted by Gasteiger charge is -2.38. The van der Waals surface area contributed by atoms with Crippen LogP contribution >= 0.6 is 0 Å². The minimum absolute atomic E-state index is 0.164. The fourth-order valence-electron chi connectivity index (χ4n) is 3.42. The van der Waals surface area contributed by atoms with Crippen LogP contribution in [0, 0.1) is 13.8 Å². The number of carboxylic acids is 1. The number of hydrogen-bond acceptors (Lipinski definition) is 5. The minimum Gasteiger partial charge on any atom is -0.480 e. The molecule has 142 valence electrons. The molecule has 0 amide bonds. The number of benzene rings is 1. The molecule has 3 rings (SSSR count). The van der Waals surface area contributed by atoms with Crippen LogP contribution in [0.2, 0.25) is 0 Å². The zero-order valence-electron chi connectivity index (χ0n) is 15.9. The largest absolute Gasteiger partial charge is 0.480 e. The molecule has 0 aliphatic carbocycles. The van der Waals surface area contributed by atoms with E-state index in [9.17, 15) is 4.79 Å². The number of carboxylic acid groups (broad SMARTS) is 1. The van der Waals surface area contributed by atoms with E-state index in [0.29, 0.717) is 5.70 Å². The van der Waals surface area contributed by atoms with E-state index in [1.54, 1.807) is 0 Å². The number of anilines is 2. The van der Waals surface area contributed by atoms with E-state index in [1.807, 2.05) is 19.2 Å². The number of para-hydroxylation sites is 1. The van der Waals surface area contributed by atoms with E-state index >= 15 is 0 Å². The van der Waals surface area contributed by atoms with E-state index in [1.165, 1.54) is 5.69 Å². The lowest BCUT2D eigenvalue weighted by Crippen LogP contribution is -2.46. The van der Waals surface area contributed by atoms with Crippen LogP contribution < -0.4 is 15.1 Å². The third-order valence-electron chi connectivity index (χ3n) is 5.10. The first-order chi connectivity index (χ1) is 13.0. The molecule has 0 radical (unpaired) electrons. The molecule has 27 heavy (non-hydrogen) atoms. The number of rotatable bonds is 6. The molecule has 6 nitrogen and oxygen atoms in total. The van der Waals surface area contributed by atoms with Crippen molar-refractivity contribution in [3.05, 3.63) is 59.9 Å². The highest BCUT2D eigenvalue weighted by Crippen LogP contribution is 2.27. The van der Waals surface area contributed by atoms with Crippen LogP contribution in [0.25, 0.3) is 5.70 Å². The summed E-state index contributed by atoms with van der Waals surface area (Å²) in [4.78, 5) is 20.1. The Balaban J connectivity index is 1.70. The van der Waals surface area contributed by atoms with Crippen molar-refractivity contribution in [1.82, 2.24) is 10.3 Å². The zero-order valence-corrected chi connectivity index (χ0v) is 15.9. The summed E-state index contributed by atoms with van der Waals surface area (Å²) in [5.41, 5.74) is 5.85. The molecule has 1 fully saturated rings. The summed E-state index contributed by atoms with van der Waals surface area (Å²) in [7, 11) is 0. The predicted octanol–water partition coefficient (Wildman–Crippen LogP) is 2.67. The summed E-state index contributed by atoms with van der Waals surface area (Å²) in [5, 5.41) is 11.6. The van der Waals surface area contributed by atoms with Crippen molar-refractivity contribution in [2.75, 3.05) is 42.5 Å². The standard InChI is InChI=1S/C21H26N4O2/c1-15-16(2)21(17(3)22-14-20(26)27)23-13-19(15)25-11-9-24(10-12-25)18-7-5-4-6-8-18/h4-8,13,22H,3,9-12,14H2,1-2H3,(H,26,27). The molecule has 1 aliphatic rings. The average molecular weight is 366 g/mol. The molecule has 1 aromatic carbocycles. The minimum atomic E-state index is -0.918. The van der Waals surface area contributed by atoms with Crippen LogP contribution in [0.5, 0.6) is 0 Å². The second-order valence-electron chi connectivity index (χ2n) is 6.78. The van der Waals surface area contributed by atoms with Crippen molar-refractivity contribution in [1.29, 1.82) is 0 Å². The summed E-state index contributed by atoms with van der Waals surface area (Å²) in [6, 6.07) is 10.5. The van der Waals surface area contributed by atoms with Gasteiger partial charge in [-0.1, -0.05) is 24.8 Å². The third-order valence-corrected chi connectivity index (χ3v) is 5.10. The maximum Gasteiger partial charge on any atom is 0.322 e. The maximum absolute atomic E-state index is 10.7. The molecule has 0 atom stereocenters. The highest BCUT2D eigenvalue weighted by molar-refractivity contribution is 5.73. The third kappa shape index (κ3) is 4.22. The summed E-state index contributed by atoms with van der Waals surface area (Å²) in [6.07, 6.45) is 1.88. The number of pyridine rings is 1. The number of nitrogens with one attached hydrogen (secondary N) is 1. The lowest BCUT2D eigenvalue weighted by atomic mass is 10.0. The normalized spacial score (nSPS) is 14.1. The first kappa shape index (κ1) is 18.8. The number of aromatic nitrogens is 1. The molecule has 2 N–H and O–H groups in total. The molecule has 6 heteroatoms. The van der Waals surface area contributed by atoms with Gasteiger partial charge in [0, 0.05) is 31.9 Å². The second kappa shape index (κ2) is 8.12. The highest BCUT2D eigenvalue weighted by atomic mass is 16.4. The van der Waals surface area contributed by atoms with Crippen molar-refractivity contribution in [2.24, 2.45) is 0 Å². The number of aliphatic carboxylic acids is 1. The molecule has 2 aromatic rings. The quantitative estimate of drug-likeness (QED) is 0.819. The van der Waals surface area contributed by atoms with Gasteiger partial charge in [0.1, 0.15) is 6.54 Å². The molecule has 0 spiro atoms. The Morgan fingerprint density at radius 2 is 1.74 bits per heavy atom. The lowest BCUT2D eigenvalue weighted by molar-refractivity contribution is -0.135. The van der Waals surface area contributed by atoms with E-state index in [-0.39, 0.29) is 6.54 Å². The highest BCUT2D eigenvalue weighted by Gasteiger charge is 2.21. The van der Waals surface area contributed by atoms with Gasteiger partial charge >= 0.3 is 5.97 Å². The molecule has 0 unspecified atom stereocenters. The summed E-state index contributed by atoms with van der Waals surface area (Å²) in [6.45, 7) is 11.7. The molecular weight excluding hydrogens is 340 g/mol. The van der Waals surface area contributed by atoms with Crippen LogP contribution in [0.15, 0.2) is 43.1 Å². The number of nitrogens with zero attached hydrogens (tertiary/aromatic N) is 3. The molecule has 0 bridgehead atoms. The van der Waals surface area contributed by atoms with Gasteiger partial charge in [0.2, 0.25) is 0 Å². The summed E-state index contributed by atoms with van der Waals surface area (Å²) < 4.78 is 0. The second-order valence-corrected chi connectivity index (χ2v) is 6.78. The van der Waals surface area contributed by atoms with Gasteiger partial charge in [-0.3, -0.25) is 9.78 Å². The maximum atomic E-state index is 10.7. The van der Waals surface area contributed by atoms with Crippen LogP contribution in [-0.4, -0.2) is 48.8 Å². The molecule has 1 aromatic heterocycles. The van der Waals surface area contributed by atoms with Gasteiger partial charge in [0.25, 0.3) is 0 Å². The van der Waals surface area contributed by atoms with Gasteiger partial charge in [0.05, 0.1) is 23.3 Å². The van der Waals surface area contributed by atoms with E-state index in [2.05, 4.69) is 57.9 Å². The Hall–Kier alpha value is -3.02. The molecule has 1 aliphatic heterocycles. The van der Waals surface area contributed by atoms with E-state index < -0.39 is 5.97 Å². The Labute approximate surface area is 160 Å². The monoisotopic (exact) mass is 366 g/mol. The Bertz CT molecular complexity index is 828. The van der Waals surface area contributed by atoms with Crippen LogP contribution in [0.4, 0.5) is 11.4 Å².